The van der Waals surface area contributed by atoms with Crippen molar-refractivity contribution in [1.82, 2.24) is 4.90 Å². The highest BCUT2D eigenvalue weighted by Crippen LogP contribution is 2.21. The number of terminal acetylenes is 1. The highest BCUT2D eigenvalue weighted by atomic mass is 32.2. The van der Waals surface area contributed by atoms with E-state index in [0.717, 1.165) is 10.5 Å². The average molecular weight is 340 g/mol. The van der Waals surface area contributed by atoms with E-state index < -0.39 is 10.8 Å². The summed E-state index contributed by atoms with van der Waals surface area (Å²) in [7, 11) is 0.724. The molecule has 2 rings (SSSR count). The topological polar surface area (TPSA) is 49.4 Å². The Morgan fingerprint density at radius 1 is 1.25 bits per heavy atom. The van der Waals surface area contributed by atoms with E-state index >= 15 is 0 Å². The fraction of sp³-hybridized carbons (Fsp3) is 0.211. The van der Waals surface area contributed by atoms with Gasteiger partial charge in [-0.1, -0.05) is 24.1 Å². The molecule has 0 saturated heterocycles. The van der Waals surface area contributed by atoms with Gasteiger partial charge in [0.25, 0.3) is 0 Å². The van der Waals surface area contributed by atoms with Gasteiger partial charge >= 0.3 is 6.03 Å². The molecule has 0 aromatic heterocycles. The fourth-order valence-corrected chi connectivity index (χ4v) is 2.76. The van der Waals surface area contributed by atoms with Crippen LogP contribution in [0.3, 0.4) is 0 Å². The van der Waals surface area contributed by atoms with Crippen molar-refractivity contribution in [2.24, 2.45) is 0 Å². The first-order chi connectivity index (χ1) is 11.4. The predicted octanol–water partition coefficient (Wildman–Crippen LogP) is 3.63. The first kappa shape index (κ1) is 17.8. The minimum Gasteiger partial charge on any atom is -0.321 e. The number of amides is 2. The molecule has 2 amide bonds. The number of rotatable bonds is 4. The molecule has 0 aliphatic carbocycles. The molecule has 1 N–H and O–H groups in total. The van der Waals surface area contributed by atoms with Crippen molar-refractivity contribution in [3.63, 3.8) is 0 Å². The maximum atomic E-state index is 12.4. The van der Waals surface area contributed by atoms with Crippen LogP contribution in [-0.2, 0) is 10.8 Å². The molecule has 0 heterocycles. The van der Waals surface area contributed by atoms with E-state index in [0.29, 0.717) is 11.3 Å². The lowest BCUT2D eigenvalue weighted by Crippen LogP contribution is -2.33. The second-order valence-corrected chi connectivity index (χ2v) is 6.84. The monoisotopic (exact) mass is 340 g/mol. The van der Waals surface area contributed by atoms with Crippen molar-refractivity contribution in [3.8, 4) is 12.3 Å². The molecule has 0 fully saturated rings. The Hall–Kier alpha value is -2.58. The SMILES string of the molecule is C#Cc1cccc(NC(=O)N(C)[C@@H](C)c2ccc([S@](C)=O)cc2)c1. The second kappa shape index (κ2) is 7.80. The molecule has 2 atom stereocenters. The van der Waals surface area contributed by atoms with Crippen LogP contribution in [0.5, 0.6) is 0 Å². The highest BCUT2D eigenvalue weighted by Gasteiger charge is 2.17. The molecular weight excluding hydrogens is 320 g/mol. The van der Waals surface area contributed by atoms with Crippen LogP contribution >= 0.6 is 0 Å². The maximum Gasteiger partial charge on any atom is 0.322 e. The Bertz CT molecular complexity index is 794. The number of benzene rings is 2. The lowest BCUT2D eigenvalue weighted by atomic mass is 10.1. The van der Waals surface area contributed by atoms with Crippen LogP contribution in [0.4, 0.5) is 10.5 Å². The van der Waals surface area contributed by atoms with Crippen LogP contribution in [-0.4, -0.2) is 28.4 Å². The van der Waals surface area contributed by atoms with Gasteiger partial charge in [0.1, 0.15) is 0 Å². The van der Waals surface area contributed by atoms with Crippen molar-refractivity contribution in [2.45, 2.75) is 17.9 Å². The zero-order valence-corrected chi connectivity index (χ0v) is 14.8. The summed E-state index contributed by atoms with van der Waals surface area (Å²) in [4.78, 5) is 14.8. The highest BCUT2D eigenvalue weighted by molar-refractivity contribution is 7.84. The number of nitrogens with zero attached hydrogens (tertiary/aromatic N) is 1. The molecule has 0 spiro atoms. The van der Waals surface area contributed by atoms with Crippen molar-refractivity contribution >= 4 is 22.5 Å². The minimum atomic E-state index is -1.01. The van der Waals surface area contributed by atoms with Crippen molar-refractivity contribution in [1.29, 1.82) is 0 Å². The standard InChI is InChI=1S/C19H20N2O2S/c1-5-15-7-6-8-17(13-15)20-19(22)21(3)14(2)16-9-11-18(12-10-16)24(4)23/h1,6-14H,2-4H3,(H,20,22)/t14-,24-/m0/s1. The van der Waals surface area contributed by atoms with E-state index in [1.165, 1.54) is 0 Å². The molecule has 0 saturated carbocycles. The summed E-state index contributed by atoms with van der Waals surface area (Å²) in [6.07, 6.45) is 7.01. The molecule has 0 aliphatic heterocycles. The second-order valence-electron chi connectivity index (χ2n) is 5.47. The summed E-state index contributed by atoms with van der Waals surface area (Å²) in [5, 5.41) is 2.84. The van der Waals surface area contributed by atoms with Gasteiger partial charge in [-0.25, -0.2) is 4.79 Å². The Morgan fingerprint density at radius 3 is 2.50 bits per heavy atom. The first-order valence-corrected chi connectivity index (χ1v) is 9.02. The van der Waals surface area contributed by atoms with Crippen LogP contribution in [0.15, 0.2) is 53.4 Å². The number of nitrogens with one attached hydrogen (secondary N) is 1. The molecular formula is C19H20N2O2S. The molecule has 0 radical (unpaired) electrons. The van der Waals surface area contributed by atoms with Gasteiger partial charge in [0.05, 0.1) is 6.04 Å². The van der Waals surface area contributed by atoms with E-state index in [-0.39, 0.29) is 12.1 Å². The smallest absolute Gasteiger partial charge is 0.321 e. The molecule has 24 heavy (non-hydrogen) atoms. The Morgan fingerprint density at radius 2 is 1.92 bits per heavy atom. The van der Waals surface area contributed by atoms with Crippen LogP contribution in [0, 0.1) is 12.3 Å². The number of urea groups is 1. The molecule has 4 nitrogen and oxygen atoms in total. The van der Waals surface area contributed by atoms with E-state index in [1.807, 2.05) is 31.2 Å². The zero-order chi connectivity index (χ0) is 17.7. The third kappa shape index (κ3) is 4.24. The van der Waals surface area contributed by atoms with E-state index in [9.17, 15) is 9.00 Å². The van der Waals surface area contributed by atoms with Crippen LogP contribution in [0.2, 0.25) is 0 Å². The van der Waals surface area contributed by atoms with Gasteiger partial charge in [-0.3, -0.25) is 4.21 Å². The maximum absolute atomic E-state index is 12.4. The van der Waals surface area contributed by atoms with Gasteiger partial charge in [-0.15, -0.1) is 6.42 Å². The van der Waals surface area contributed by atoms with E-state index in [2.05, 4.69) is 11.2 Å². The summed E-state index contributed by atoms with van der Waals surface area (Å²) >= 11 is 0. The van der Waals surface area contributed by atoms with Crippen molar-refractivity contribution in [2.75, 3.05) is 18.6 Å². The number of carbonyl (C=O) groups excluding carboxylic acids is 1. The summed E-state index contributed by atoms with van der Waals surface area (Å²) in [5.74, 6) is 2.54. The predicted molar refractivity (Wildman–Crippen MR) is 98.3 cm³/mol. The molecule has 0 aliphatic rings. The molecule has 5 heteroatoms. The summed E-state index contributed by atoms with van der Waals surface area (Å²) in [6, 6.07) is 14.2. The Kier molecular flexibility index (Phi) is 5.78. The Labute approximate surface area is 145 Å². The Balaban J connectivity index is 2.08. The number of anilines is 1. The zero-order valence-electron chi connectivity index (χ0n) is 13.9. The van der Waals surface area contributed by atoms with Gasteiger partial charge in [0, 0.05) is 40.2 Å². The van der Waals surface area contributed by atoms with Gasteiger partial charge in [0.15, 0.2) is 0 Å². The van der Waals surface area contributed by atoms with E-state index in [1.54, 1.807) is 42.5 Å². The quantitative estimate of drug-likeness (QED) is 0.864. The van der Waals surface area contributed by atoms with Crippen LogP contribution in [0.25, 0.3) is 0 Å². The lowest BCUT2D eigenvalue weighted by molar-refractivity contribution is 0.208. The lowest BCUT2D eigenvalue weighted by Gasteiger charge is -2.25. The summed E-state index contributed by atoms with van der Waals surface area (Å²) in [5.41, 5.74) is 2.34. The fourth-order valence-electron chi connectivity index (χ4n) is 2.24. The van der Waals surface area contributed by atoms with Crippen molar-refractivity contribution < 1.29 is 9.00 Å². The van der Waals surface area contributed by atoms with Crippen LogP contribution < -0.4 is 5.32 Å². The number of hydrogen-bond acceptors (Lipinski definition) is 2. The molecule has 0 unspecified atom stereocenters. The van der Waals surface area contributed by atoms with Gasteiger partial charge in [-0.2, -0.15) is 0 Å². The first-order valence-electron chi connectivity index (χ1n) is 7.46. The number of hydrogen-bond donors (Lipinski definition) is 1. The van der Waals surface area contributed by atoms with Gasteiger partial charge in [-0.05, 0) is 42.8 Å². The molecule has 2 aromatic carbocycles. The largest absolute Gasteiger partial charge is 0.322 e. The molecule has 0 bridgehead atoms. The summed E-state index contributed by atoms with van der Waals surface area (Å²) in [6.45, 7) is 1.94. The minimum absolute atomic E-state index is 0.125. The summed E-state index contributed by atoms with van der Waals surface area (Å²) < 4.78 is 11.4. The third-order valence-electron chi connectivity index (χ3n) is 3.88. The van der Waals surface area contributed by atoms with E-state index in [4.69, 9.17) is 6.42 Å². The molecule has 2 aromatic rings. The number of carbonyl (C=O) groups is 1. The van der Waals surface area contributed by atoms with Gasteiger partial charge in [0.2, 0.25) is 0 Å². The normalized spacial score (nSPS) is 12.8. The van der Waals surface area contributed by atoms with Gasteiger partial charge < -0.3 is 10.2 Å². The third-order valence-corrected chi connectivity index (χ3v) is 4.81. The molecule has 124 valence electrons. The average Bonchev–Trinajstić information content (AvgIpc) is 2.60. The van der Waals surface area contributed by atoms with Crippen molar-refractivity contribution in [3.05, 3.63) is 59.7 Å². The van der Waals surface area contributed by atoms with Crippen LogP contribution in [0.1, 0.15) is 24.1 Å².